The average Bonchev–Trinajstić information content (AvgIpc) is 2.25. The predicted octanol–water partition coefficient (Wildman–Crippen LogP) is 5.13. The Morgan fingerprint density at radius 3 is 1.31 bits per heavy atom. The molecule has 0 aliphatic heterocycles. The van der Waals surface area contributed by atoms with Crippen molar-refractivity contribution in [2.75, 3.05) is 0 Å². The first-order valence-electron chi connectivity index (χ1n) is 7.58. The quantitative estimate of drug-likeness (QED) is 0.577. The van der Waals surface area contributed by atoms with Crippen LogP contribution in [0.15, 0.2) is 0 Å². The lowest BCUT2D eigenvalue weighted by molar-refractivity contribution is 0.0600. The molecule has 0 aromatic heterocycles. The molecule has 0 aromatic carbocycles. The minimum absolute atomic E-state index is 0.991. The van der Waals surface area contributed by atoms with Crippen LogP contribution in [0.1, 0.15) is 66.2 Å². The highest BCUT2D eigenvalue weighted by Crippen LogP contribution is 2.46. The van der Waals surface area contributed by atoms with E-state index in [2.05, 4.69) is 27.7 Å². The molecule has 6 unspecified atom stereocenters. The van der Waals surface area contributed by atoms with Crippen molar-refractivity contribution in [2.24, 2.45) is 35.5 Å². The molecule has 0 spiro atoms. The first-order chi connectivity index (χ1) is 7.58. The van der Waals surface area contributed by atoms with Gasteiger partial charge in [-0.3, -0.25) is 0 Å². The van der Waals surface area contributed by atoms with Crippen molar-refractivity contribution >= 4 is 0 Å². The molecule has 0 radical (unpaired) electrons. The molecule has 2 saturated carbocycles. The molecule has 0 saturated heterocycles. The van der Waals surface area contributed by atoms with Gasteiger partial charge in [0.1, 0.15) is 0 Å². The molecule has 16 heavy (non-hydrogen) atoms. The molecule has 0 bridgehead atoms. The van der Waals surface area contributed by atoms with Crippen molar-refractivity contribution in [3.8, 4) is 0 Å². The molecule has 0 nitrogen and oxygen atoms in total. The van der Waals surface area contributed by atoms with Gasteiger partial charge in [0.15, 0.2) is 0 Å². The molecular formula is C16H30. The Labute approximate surface area is 102 Å². The van der Waals surface area contributed by atoms with E-state index in [4.69, 9.17) is 0 Å². The van der Waals surface area contributed by atoms with Crippen LogP contribution in [-0.4, -0.2) is 0 Å². The summed E-state index contributed by atoms with van der Waals surface area (Å²) in [6, 6.07) is 0. The van der Waals surface area contributed by atoms with Gasteiger partial charge in [-0.05, 0) is 48.3 Å². The fourth-order valence-electron chi connectivity index (χ4n) is 4.35. The van der Waals surface area contributed by atoms with Gasteiger partial charge in [0, 0.05) is 0 Å². The van der Waals surface area contributed by atoms with E-state index in [1.807, 2.05) is 0 Å². The SMILES string of the molecule is CC1CCC(C)C(C2CC(C)CCC2C)C1. The van der Waals surface area contributed by atoms with E-state index in [1.54, 1.807) is 0 Å². The Morgan fingerprint density at radius 2 is 0.938 bits per heavy atom. The van der Waals surface area contributed by atoms with Gasteiger partial charge in [-0.15, -0.1) is 0 Å². The zero-order valence-electron chi connectivity index (χ0n) is 11.7. The first-order valence-corrected chi connectivity index (χ1v) is 7.58. The van der Waals surface area contributed by atoms with Crippen molar-refractivity contribution in [1.82, 2.24) is 0 Å². The van der Waals surface area contributed by atoms with Crippen LogP contribution in [0.4, 0.5) is 0 Å². The van der Waals surface area contributed by atoms with E-state index in [1.165, 1.54) is 38.5 Å². The highest BCUT2D eigenvalue weighted by atomic mass is 14.4. The van der Waals surface area contributed by atoms with E-state index >= 15 is 0 Å². The zero-order valence-corrected chi connectivity index (χ0v) is 11.7. The Morgan fingerprint density at radius 1 is 0.562 bits per heavy atom. The van der Waals surface area contributed by atoms with Gasteiger partial charge in [-0.25, -0.2) is 0 Å². The lowest BCUT2D eigenvalue weighted by Gasteiger charge is -2.44. The summed E-state index contributed by atoms with van der Waals surface area (Å²) in [6.07, 6.45) is 8.97. The van der Waals surface area contributed by atoms with E-state index < -0.39 is 0 Å². The molecule has 0 heteroatoms. The van der Waals surface area contributed by atoms with Crippen LogP contribution in [0.5, 0.6) is 0 Å². The molecule has 0 amide bonds. The van der Waals surface area contributed by atoms with E-state index in [0.29, 0.717) is 0 Å². The summed E-state index contributed by atoms with van der Waals surface area (Å²) in [5.41, 5.74) is 0. The van der Waals surface area contributed by atoms with Crippen LogP contribution in [0.2, 0.25) is 0 Å². The highest BCUT2D eigenvalue weighted by Gasteiger charge is 2.37. The Bertz CT molecular complexity index is 196. The number of hydrogen-bond acceptors (Lipinski definition) is 0. The second-order valence-electron chi connectivity index (χ2n) is 7.12. The molecule has 2 aliphatic rings. The van der Waals surface area contributed by atoms with E-state index in [9.17, 15) is 0 Å². The Hall–Kier alpha value is 0. The summed E-state index contributed by atoms with van der Waals surface area (Å²) in [6.45, 7) is 9.97. The second kappa shape index (κ2) is 5.10. The van der Waals surface area contributed by atoms with Crippen molar-refractivity contribution < 1.29 is 0 Å². The molecule has 2 aliphatic carbocycles. The third-order valence-corrected chi connectivity index (χ3v) is 5.59. The normalized spacial score (nSPS) is 50.2. The maximum atomic E-state index is 2.52. The van der Waals surface area contributed by atoms with Crippen LogP contribution in [-0.2, 0) is 0 Å². The molecule has 2 fully saturated rings. The molecule has 0 aromatic rings. The third kappa shape index (κ3) is 2.63. The van der Waals surface area contributed by atoms with Gasteiger partial charge in [-0.1, -0.05) is 53.4 Å². The van der Waals surface area contributed by atoms with E-state index in [-0.39, 0.29) is 0 Å². The van der Waals surface area contributed by atoms with Crippen LogP contribution in [0, 0.1) is 35.5 Å². The fraction of sp³-hybridized carbons (Fsp3) is 1.00. The summed E-state index contributed by atoms with van der Waals surface area (Å²) in [7, 11) is 0. The maximum absolute atomic E-state index is 2.52. The van der Waals surface area contributed by atoms with E-state index in [0.717, 1.165) is 35.5 Å². The zero-order chi connectivity index (χ0) is 11.7. The van der Waals surface area contributed by atoms with Crippen LogP contribution < -0.4 is 0 Å². The highest BCUT2D eigenvalue weighted by molar-refractivity contribution is 4.87. The summed E-state index contributed by atoms with van der Waals surface area (Å²) < 4.78 is 0. The molecular weight excluding hydrogens is 192 g/mol. The van der Waals surface area contributed by atoms with Crippen molar-refractivity contribution in [1.29, 1.82) is 0 Å². The maximum Gasteiger partial charge on any atom is -0.0355 e. The summed E-state index contributed by atoms with van der Waals surface area (Å²) >= 11 is 0. The molecule has 6 atom stereocenters. The second-order valence-corrected chi connectivity index (χ2v) is 7.12. The summed E-state index contributed by atoms with van der Waals surface area (Å²) in [5.74, 6) is 6.06. The van der Waals surface area contributed by atoms with Crippen LogP contribution in [0.25, 0.3) is 0 Å². The van der Waals surface area contributed by atoms with Crippen LogP contribution >= 0.6 is 0 Å². The van der Waals surface area contributed by atoms with Gasteiger partial charge in [0.25, 0.3) is 0 Å². The van der Waals surface area contributed by atoms with Crippen molar-refractivity contribution in [2.45, 2.75) is 66.2 Å². The van der Waals surface area contributed by atoms with Crippen molar-refractivity contribution in [3.63, 3.8) is 0 Å². The smallest absolute Gasteiger partial charge is 0.0355 e. The first kappa shape index (κ1) is 12.5. The monoisotopic (exact) mass is 222 g/mol. The number of hydrogen-bond donors (Lipinski definition) is 0. The predicted molar refractivity (Wildman–Crippen MR) is 71.3 cm³/mol. The Kier molecular flexibility index (Phi) is 3.97. The largest absolute Gasteiger partial charge is 0.0625 e. The molecule has 0 heterocycles. The van der Waals surface area contributed by atoms with Gasteiger partial charge in [0.05, 0.1) is 0 Å². The average molecular weight is 222 g/mol. The summed E-state index contributed by atoms with van der Waals surface area (Å²) in [4.78, 5) is 0. The molecule has 0 N–H and O–H groups in total. The van der Waals surface area contributed by atoms with Gasteiger partial charge in [0.2, 0.25) is 0 Å². The summed E-state index contributed by atoms with van der Waals surface area (Å²) in [5, 5.41) is 0. The molecule has 2 rings (SSSR count). The van der Waals surface area contributed by atoms with Gasteiger partial charge in [-0.2, -0.15) is 0 Å². The lowest BCUT2D eigenvalue weighted by Crippen LogP contribution is -2.35. The topological polar surface area (TPSA) is 0 Å². The fourth-order valence-corrected chi connectivity index (χ4v) is 4.35. The third-order valence-electron chi connectivity index (χ3n) is 5.59. The van der Waals surface area contributed by atoms with Gasteiger partial charge < -0.3 is 0 Å². The van der Waals surface area contributed by atoms with Crippen LogP contribution in [0.3, 0.4) is 0 Å². The Balaban J connectivity index is 2.02. The lowest BCUT2D eigenvalue weighted by atomic mass is 9.61. The van der Waals surface area contributed by atoms with Crippen molar-refractivity contribution in [3.05, 3.63) is 0 Å². The minimum Gasteiger partial charge on any atom is -0.0625 e. The van der Waals surface area contributed by atoms with Gasteiger partial charge >= 0.3 is 0 Å². The minimum atomic E-state index is 0.991. The molecule has 94 valence electrons. The standard InChI is InChI=1S/C16H30/c1-11-5-7-13(3)15(9-11)16-10-12(2)6-8-14(16)4/h11-16H,5-10H2,1-4H3. The number of rotatable bonds is 1.